The van der Waals surface area contributed by atoms with Crippen LogP contribution in [0.2, 0.25) is 0 Å². The van der Waals surface area contributed by atoms with E-state index in [-0.39, 0.29) is 5.91 Å². The van der Waals surface area contributed by atoms with E-state index in [4.69, 9.17) is 0 Å². The van der Waals surface area contributed by atoms with Crippen molar-refractivity contribution in [2.45, 2.75) is 34.6 Å². The topological polar surface area (TPSA) is 32.3 Å². The predicted molar refractivity (Wildman–Crippen MR) is 96.5 cm³/mol. The van der Waals surface area contributed by atoms with Crippen LogP contribution in [0, 0.1) is 20.8 Å². The van der Waals surface area contributed by atoms with Crippen LogP contribution in [0.25, 0.3) is 0 Å². The van der Waals surface area contributed by atoms with E-state index in [9.17, 15) is 4.79 Å². The normalized spacial score (nSPS) is 10.6. The van der Waals surface area contributed by atoms with Crippen molar-refractivity contribution in [2.75, 3.05) is 23.3 Å². The summed E-state index contributed by atoms with van der Waals surface area (Å²) in [7, 11) is 0. The van der Waals surface area contributed by atoms with Crippen LogP contribution in [0.15, 0.2) is 23.6 Å². The van der Waals surface area contributed by atoms with Gasteiger partial charge in [0.15, 0.2) is 0 Å². The molecule has 0 spiro atoms. The van der Waals surface area contributed by atoms with E-state index in [1.807, 2.05) is 32.2 Å². The molecule has 1 aromatic heterocycles. The number of thiophene rings is 1. The Balaban J connectivity index is 2.20. The number of benzene rings is 1. The van der Waals surface area contributed by atoms with Crippen molar-refractivity contribution < 1.29 is 4.79 Å². The molecule has 1 heterocycles. The van der Waals surface area contributed by atoms with E-state index in [0.717, 1.165) is 35.5 Å². The Labute approximate surface area is 137 Å². The van der Waals surface area contributed by atoms with E-state index < -0.39 is 0 Å². The van der Waals surface area contributed by atoms with Crippen molar-refractivity contribution in [1.82, 2.24) is 0 Å². The minimum Gasteiger partial charge on any atom is -0.372 e. The van der Waals surface area contributed by atoms with Gasteiger partial charge in [0.05, 0.1) is 5.56 Å². The maximum atomic E-state index is 12.4. The number of nitrogens with zero attached hydrogens (tertiary/aromatic N) is 1. The van der Waals surface area contributed by atoms with Crippen LogP contribution in [-0.4, -0.2) is 19.0 Å². The van der Waals surface area contributed by atoms with E-state index in [1.54, 1.807) is 11.3 Å². The number of rotatable bonds is 5. The average Bonchev–Trinajstić information content (AvgIpc) is 2.83. The number of hydrogen-bond donors (Lipinski definition) is 1. The van der Waals surface area contributed by atoms with Crippen LogP contribution < -0.4 is 10.2 Å². The first-order chi connectivity index (χ1) is 10.5. The van der Waals surface area contributed by atoms with Gasteiger partial charge in [-0.05, 0) is 63.9 Å². The SMILES string of the molecule is CCN(CC)c1ccc(NC(=O)c2csc(C)c2C)c(C)c1. The lowest BCUT2D eigenvalue weighted by Gasteiger charge is -2.22. The first-order valence-corrected chi connectivity index (χ1v) is 8.57. The van der Waals surface area contributed by atoms with Gasteiger partial charge in [0, 0.05) is 34.7 Å². The van der Waals surface area contributed by atoms with Crippen molar-refractivity contribution >= 4 is 28.6 Å². The monoisotopic (exact) mass is 316 g/mol. The number of carbonyl (C=O) groups is 1. The number of hydrogen-bond acceptors (Lipinski definition) is 3. The van der Waals surface area contributed by atoms with Crippen LogP contribution in [0.4, 0.5) is 11.4 Å². The molecule has 1 amide bonds. The molecule has 0 unspecified atom stereocenters. The first kappa shape index (κ1) is 16.6. The molecule has 0 saturated heterocycles. The van der Waals surface area contributed by atoms with Crippen LogP contribution >= 0.6 is 11.3 Å². The predicted octanol–water partition coefficient (Wildman–Crippen LogP) is 4.77. The van der Waals surface area contributed by atoms with Gasteiger partial charge < -0.3 is 10.2 Å². The molecule has 0 aliphatic heterocycles. The molecule has 1 aromatic carbocycles. The molecule has 0 radical (unpaired) electrons. The summed E-state index contributed by atoms with van der Waals surface area (Å²) in [5.74, 6) is -0.0273. The molecule has 118 valence electrons. The lowest BCUT2D eigenvalue weighted by molar-refractivity contribution is 0.102. The van der Waals surface area contributed by atoms with Gasteiger partial charge in [-0.2, -0.15) is 0 Å². The summed E-state index contributed by atoms with van der Waals surface area (Å²) in [5, 5.41) is 4.96. The molecule has 0 bridgehead atoms. The van der Waals surface area contributed by atoms with Gasteiger partial charge in [0.2, 0.25) is 0 Å². The molecule has 22 heavy (non-hydrogen) atoms. The molecule has 4 heteroatoms. The third-order valence-electron chi connectivity index (χ3n) is 4.12. The number of carbonyl (C=O) groups excluding carboxylic acids is 1. The van der Waals surface area contributed by atoms with E-state index in [2.05, 4.69) is 36.2 Å². The van der Waals surface area contributed by atoms with Crippen LogP contribution in [-0.2, 0) is 0 Å². The molecule has 2 rings (SSSR count). The number of aryl methyl sites for hydroxylation is 2. The van der Waals surface area contributed by atoms with Gasteiger partial charge >= 0.3 is 0 Å². The van der Waals surface area contributed by atoms with Gasteiger partial charge in [-0.15, -0.1) is 11.3 Å². The fourth-order valence-electron chi connectivity index (χ4n) is 2.50. The van der Waals surface area contributed by atoms with Gasteiger partial charge in [0.25, 0.3) is 5.91 Å². The van der Waals surface area contributed by atoms with Crippen molar-refractivity contribution in [3.63, 3.8) is 0 Å². The molecular weight excluding hydrogens is 292 g/mol. The van der Waals surface area contributed by atoms with Crippen molar-refractivity contribution in [1.29, 1.82) is 0 Å². The number of anilines is 2. The molecule has 3 nitrogen and oxygen atoms in total. The molecule has 1 N–H and O–H groups in total. The molecule has 0 fully saturated rings. The number of nitrogens with one attached hydrogen (secondary N) is 1. The maximum absolute atomic E-state index is 12.4. The third kappa shape index (κ3) is 3.33. The Morgan fingerprint density at radius 1 is 1.18 bits per heavy atom. The fraction of sp³-hybridized carbons (Fsp3) is 0.389. The molecule has 0 aliphatic rings. The van der Waals surface area contributed by atoms with E-state index in [1.165, 1.54) is 10.6 Å². The van der Waals surface area contributed by atoms with E-state index in [0.29, 0.717) is 0 Å². The Morgan fingerprint density at radius 2 is 1.86 bits per heavy atom. The Morgan fingerprint density at radius 3 is 2.36 bits per heavy atom. The molecule has 0 saturated carbocycles. The van der Waals surface area contributed by atoms with Crippen molar-refractivity contribution in [2.24, 2.45) is 0 Å². The zero-order valence-electron chi connectivity index (χ0n) is 14.0. The second kappa shape index (κ2) is 6.97. The first-order valence-electron chi connectivity index (χ1n) is 7.69. The zero-order chi connectivity index (χ0) is 16.3. The Kier molecular flexibility index (Phi) is 5.24. The fourth-order valence-corrected chi connectivity index (χ4v) is 3.37. The lowest BCUT2D eigenvalue weighted by atomic mass is 10.1. The van der Waals surface area contributed by atoms with Gasteiger partial charge in [0.1, 0.15) is 0 Å². The smallest absolute Gasteiger partial charge is 0.256 e. The van der Waals surface area contributed by atoms with Crippen LogP contribution in [0.1, 0.15) is 40.2 Å². The van der Waals surface area contributed by atoms with Gasteiger partial charge in [-0.3, -0.25) is 4.79 Å². The second-order valence-electron chi connectivity index (χ2n) is 5.46. The Bertz CT molecular complexity index is 672. The summed E-state index contributed by atoms with van der Waals surface area (Å²) in [6.07, 6.45) is 0. The van der Waals surface area contributed by atoms with Gasteiger partial charge in [-0.1, -0.05) is 0 Å². The molecular formula is C18H24N2OS. The van der Waals surface area contributed by atoms with Crippen molar-refractivity contribution in [3.05, 3.63) is 45.1 Å². The molecule has 0 aliphatic carbocycles. The van der Waals surface area contributed by atoms with Crippen LogP contribution in [0.3, 0.4) is 0 Å². The zero-order valence-corrected chi connectivity index (χ0v) is 14.8. The number of amides is 1. The average molecular weight is 316 g/mol. The standard InChI is InChI=1S/C18H24N2OS/c1-6-20(7-2)15-8-9-17(12(3)10-15)19-18(21)16-11-22-14(5)13(16)4/h8-11H,6-7H2,1-5H3,(H,19,21). The highest BCUT2D eigenvalue weighted by Crippen LogP contribution is 2.25. The minimum atomic E-state index is -0.0273. The summed E-state index contributed by atoms with van der Waals surface area (Å²) in [6, 6.07) is 6.20. The van der Waals surface area contributed by atoms with Gasteiger partial charge in [-0.25, -0.2) is 0 Å². The maximum Gasteiger partial charge on any atom is 0.256 e. The largest absolute Gasteiger partial charge is 0.372 e. The highest BCUT2D eigenvalue weighted by molar-refractivity contribution is 7.10. The second-order valence-corrected chi connectivity index (χ2v) is 6.54. The molecule has 2 aromatic rings. The summed E-state index contributed by atoms with van der Waals surface area (Å²) in [6.45, 7) is 12.3. The highest BCUT2D eigenvalue weighted by Gasteiger charge is 2.14. The Hall–Kier alpha value is -1.81. The quantitative estimate of drug-likeness (QED) is 0.861. The summed E-state index contributed by atoms with van der Waals surface area (Å²) >= 11 is 1.62. The lowest BCUT2D eigenvalue weighted by Crippen LogP contribution is -2.22. The van der Waals surface area contributed by atoms with E-state index >= 15 is 0 Å². The highest BCUT2D eigenvalue weighted by atomic mass is 32.1. The van der Waals surface area contributed by atoms with Crippen LogP contribution in [0.5, 0.6) is 0 Å². The van der Waals surface area contributed by atoms with Crippen molar-refractivity contribution in [3.8, 4) is 0 Å². The summed E-state index contributed by atoms with van der Waals surface area (Å²) in [5.41, 5.74) is 5.00. The summed E-state index contributed by atoms with van der Waals surface area (Å²) < 4.78 is 0. The third-order valence-corrected chi connectivity index (χ3v) is 5.13. The summed E-state index contributed by atoms with van der Waals surface area (Å²) in [4.78, 5) is 15.9. The molecule has 0 atom stereocenters. The minimum absolute atomic E-state index is 0.0273.